The molecule has 0 amide bonds. The van der Waals surface area contributed by atoms with Gasteiger partial charge in [0.05, 0.1) is 12.0 Å². The molecule has 0 atom stereocenters. The Morgan fingerprint density at radius 2 is 1.71 bits per heavy atom. The van der Waals surface area contributed by atoms with Crippen LogP contribution in [0, 0.1) is 5.92 Å². The maximum atomic E-state index is 12.3. The highest BCUT2D eigenvalue weighted by molar-refractivity contribution is 7.89. The van der Waals surface area contributed by atoms with Crippen molar-refractivity contribution < 1.29 is 13.2 Å². The molecule has 3 rings (SSSR count). The zero-order valence-electron chi connectivity index (χ0n) is 17.0. The number of ether oxygens (including phenoxy) is 1. The number of sulfonamides is 1. The summed E-state index contributed by atoms with van der Waals surface area (Å²) in [6, 6.07) is 15.7. The SMILES string of the molecule is COc1ccc(CC2CCN(Cc3cccc(S(=O)(=O)N(C)C)c3)CC2)cc1. The van der Waals surface area contributed by atoms with Crippen molar-refractivity contribution >= 4 is 10.0 Å². The van der Waals surface area contributed by atoms with Crippen molar-refractivity contribution in [3.8, 4) is 5.75 Å². The van der Waals surface area contributed by atoms with Crippen LogP contribution in [0.1, 0.15) is 24.0 Å². The summed E-state index contributed by atoms with van der Waals surface area (Å²) in [6.07, 6.45) is 3.44. The molecule has 6 heteroatoms. The van der Waals surface area contributed by atoms with Crippen LogP contribution in [0.2, 0.25) is 0 Å². The Balaban J connectivity index is 1.54. The normalized spacial score (nSPS) is 16.4. The lowest BCUT2D eigenvalue weighted by molar-refractivity contribution is 0.177. The maximum absolute atomic E-state index is 12.3. The molecule has 1 aliphatic heterocycles. The van der Waals surface area contributed by atoms with Crippen molar-refractivity contribution in [2.75, 3.05) is 34.3 Å². The Morgan fingerprint density at radius 3 is 2.32 bits per heavy atom. The fourth-order valence-electron chi connectivity index (χ4n) is 3.72. The van der Waals surface area contributed by atoms with Crippen molar-refractivity contribution in [1.29, 1.82) is 0 Å². The molecule has 1 fully saturated rings. The molecule has 0 saturated carbocycles. The van der Waals surface area contributed by atoms with E-state index in [0.29, 0.717) is 10.8 Å². The second kappa shape index (κ2) is 9.07. The standard InChI is InChI=1S/C22H30N2O3S/c1-23(2)28(25,26)22-6-4-5-20(16-22)17-24-13-11-19(12-14-24)15-18-7-9-21(27-3)10-8-18/h4-10,16,19H,11-15,17H2,1-3H3. The minimum atomic E-state index is -3.38. The smallest absolute Gasteiger partial charge is 0.242 e. The van der Waals surface area contributed by atoms with Crippen LogP contribution in [0.3, 0.4) is 0 Å². The Kier molecular flexibility index (Phi) is 6.75. The highest BCUT2D eigenvalue weighted by Crippen LogP contribution is 2.24. The van der Waals surface area contributed by atoms with E-state index in [1.807, 2.05) is 24.3 Å². The second-order valence-electron chi connectivity index (χ2n) is 7.71. The number of hydrogen-bond donors (Lipinski definition) is 0. The molecule has 1 heterocycles. The van der Waals surface area contributed by atoms with E-state index in [-0.39, 0.29) is 0 Å². The number of nitrogens with zero attached hydrogens (tertiary/aromatic N) is 2. The maximum Gasteiger partial charge on any atom is 0.242 e. The summed E-state index contributed by atoms with van der Waals surface area (Å²) in [5, 5.41) is 0. The van der Waals surface area contributed by atoms with Gasteiger partial charge in [0.25, 0.3) is 0 Å². The van der Waals surface area contributed by atoms with Gasteiger partial charge in [-0.1, -0.05) is 24.3 Å². The minimum Gasteiger partial charge on any atom is -0.497 e. The number of piperidine rings is 1. The zero-order chi connectivity index (χ0) is 20.1. The van der Waals surface area contributed by atoms with Crippen molar-refractivity contribution in [3.63, 3.8) is 0 Å². The lowest BCUT2D eigenvalue weighted by Crippen LogP contribution is -2.34. The Bertz CT molecular complexity index is 871. The lowest BCUT2D eigenvalue weighted by atomic mass is 9.90. The molecule has 28 heavy (non-hydrogen) atoms. The average Bonchev–Trinajstić information content (AvgIpc) is 2.70. The molecule has 152 valence electrons. The molecule has 5 nitrogen and oxygen atoms in total. The molecule has 2 aromatic rings. The van der Waals surface area contributed by atoms with E-state index in [1.165, 1.54) is 22.7 Å². The van der Waals surface area contributed by atoms with E-state index in [0.717, 1.165) is 37.4 Å². The van der Waals surface area contributed by atoms with Crippen LogP contribution in [0.25, 0.3) is 0 Å². The number of likely N-dealkylation sites (tertiary alicyclic amines) is 1. The van der Waals surface area contributed by atoms with Gasteiger partial charge in [-0.3, -0.25) is 4.90 Å². The summed E-state index contributed by atoms with van der Waals surface area (Å²) in [7, 11) is 1.44. The van der Waals surface area contributed by atoms with Crippen LogP contribution in [-0.2, 0) is 23.0 Å². The molecule has 0 aliphatic carbocycles. The number of hydrogen-bond acceptors (Lipinski definition) is 4. The molecule has 0 radical (unpaired) electrons. The second-order valence-corrected chi connectivity index (χ2v) is 9.86. The molecule has 0 unspecified atom stereocenters. The van der Waals surface area contributed by atoms with Gasteiger partial charge in [-0.05, 0) is 73.7 Å². The van der Waals surface area contributed by atoms with E-state index in [9.17, 15) is 8.42 Å². The third-order valence-corrected chi connectivity index (χ3v) is 7.28. The van der Waals surface area contributed by atoms with Crippen LogP contribution in [0.15, 0.2) is 53.4 Å². The van der Waals surface area contributed by atoms with Crippen molar-refractivity contribution in [2.45, 2.75) is 30.7 Å². The van der Waals surface area contributed by atoms with Crippen LogP contribution >= 0.6 is 0 Å². The van der Waals surface area contributed by atoms with Crippen molar-refractivity contribution in [1.82, 2.24) is 9.21 Å². The lowest BCUT2D eigenvalue weighted by Gasteiger charge is -2.32. The Labute approximate surface area is 169 Å². The molecule has 0 aromatic heterocycles. The van der Waals surface area contributed by atoms with Crippen LogP contribution in [0.5, 0.6) is 5.75 Å². The van der Waals surface area contributed by atoms with E-state index in [4.69, 9.17) is 4.74 Å². The predicted molar refractivity (Wildman–Crippen MR) is 112 cm³/mol. The summed E-state index contributed by atoms with van der Waals surface area (Å²) in [4.78, 5) is 2.79. The largest absolute Gasteiger partial charge is 0.497 e. The highest BCUT2D eigenvalue weighted by atomic mass is 32.2. The van der Waals surface area contributed by atoms with Gasteiger partial charge in [-0.25, -0.2) is 12.7 Å². The van der Waals surface area contributed by atoms with E-state index in [1.54, 1.807) is 33.3 Å². The summed E-state index contributed by atoms with van der Waals surface area (Å²) < 4.78 is 31.2. The molecular weight excluding hydrogens is 372 g/mol. The van der Waals surface area contributed by atoms with E-state index < -0.39 is 10.0 Å². The summed E-state index contributed by atoms with van der Waals surface area (Å²) >= 11 is 0. The summed E-state index contributed by atoms with van der Waals surface area (Å²) in [6.45, 7) is 2.89. The van der Waals surface area contributed by atoms with E-state index >= 15 is 0 Å². The molecule has 0 bridgehead atoms. The van der Waals surface area contributed by atoms with Crippen molar-refractivity contribution in [2.24, 2.45) is 5.92 Å². The molecule has 1 aliphatic rings. The fraction of sp³-hybridized carbons (Fsp3) is 0.455. The van der Waals surface area contributed by atoms with Gasteiger partial charge in [-0.2, -0.15) is 0 Å². The first-order valence-electron chi connectivity index (χ1n) is 9.75. The molecular formula is C22H30N2O3S. The zero-order valence-corrected chi connectivity index (χ0v) is 17.8. The quantitative estimate of drug-likeness (QED) is 0.712. The van der Waals surface area contributed by atoms with Gasteiger partial charge in [0.1, 0.15) is 5.75 Å². The van der Waals surface area contributed by atoms with Crippen LogP contribution in [0.4, 0.5) is 0 Å². The highest BCUT2D eigenvalue weighted by Gasteiger charge is 2.21. The van der Waals surface area contributed by atoms with Gasteiger partial charge in [0.2, 0.25) is 10.0 Å². The van der Waals surface area contributed by atoms with Crippen molar-refractivity contribution in [3.05, 3.63) is 59.7 Å². The third kappa shape index (κ3) is 5.13. The molecule has 1 saturated heterocycles. The molecule has 0 N–H and O–H groups in total. The molecule has 0 spiro atoms. The van der Waals surface area contributed by atoms with Gasteiger partial charge in [-0.15, -0.1) is 0 Å². The Hall–Kier alpha value is -1.89. The van der Waals surface area contributed by atoms with Crippen LogP contribution < -0.4 is 4.74 Å². The molecule has 2 aromatic carbocycles. The summed E-state index contributed by atoms with van der Waals surface area (Å²) in [5.74, 6) is 1.60. The van der Waals surface area contributed by atoms with Gasteiger partial charge >= 0.3 is 0 Å². The first-order chi connectivity index (χ1) is 13.4. The monoisotopic (exact) mass is 402 g/mol. The first-order valence-corrected chi connectivity index (χ1v) is 11.2. The van der Waals surface area contributed by atoms with Gasteiger partial charge < -0.3 is 4.74 Å². The minimum absolute atomic E-state index is 0.365. The van der Waals surface area contributed by atoms with Gasteiger partial charge in [0.15, 0.2) is 0 Å². The fourth-order valence-corrected chi connectivity index (χ4v) is 4.69. The van der Waals surface area contributed by atoms with Crippen LogP contribution in [-0.4, -0.2) is 51.9 Å². The number of methoxy groups -OCH3 is 1. The average molecular weight is 403 g/mol. The third-order valence-electron chi connectivity index (χ3n) is 5.47. The predicted octanol–water partition coefficient (Wildman–Crippen LogP) is 3.40. The van der Waals surface area contributed by atoms with Gasteiger partial charge in [0, 0.05) is 20.6 Å². The topological polar surface area (TPSA) is 49.9 Å². The first kappa shape index (κ1) is 20.8. The number of rotatable bonds is 7. The van der Waals surface area contributed by atoms with E-state index in [2.05, 4.69) is 17.0 Å². The summed E-state index contributed by atoms with van der Waals surface area (Å²) in [5.41, 5.74) is 2.41. The number of benzene rings is 2. The Morgan fingerprint density at radius 1 is 1.04 bits per heavy atom.